The zero-order valence-corrected chi connectivity index (χ0v) is 12.5. The van der Waals surface area contributed by atoms with Crippen LogP contribution < -0.4 is 5.32 Å². The van der Waals surface area contributed by atoms with Crippen LogP contribution in [0.4, 0.5) is 11.5 Å². The standard InChI is InChI=1S/C16H18ClN3/c1-10(2)12-4-3-5-13(8-12)18-15-9-14(17)19-16(20-15)11-6-7-11/h3-5,8-11H,6-7H2,1-2H3,(H,18,19,20). The van der Waals surface area contributed by atoms with E-state index in [2.05, 4.69) is 47.3 Å². The van der Waals surface area contributed by atoms with Gasteiger partial charge in [0.05, 0.1) is 0 Å². The number of hydrogen-bond donors (Lipinski definition) is 1. The Labute approximate surface area is 124 Å². The van der Waals surface area contributed by atoms with Crippen molar-refractivity contribution in [3.63, 3.8) is 0 Å². The Morgan fingerprint density at radius 1 is 1.20 bits per heavy atom. The molecule has 104 valence electrons. The van der Waals surface area contributed by atoms with Crippen molar-refractivity contribution in [3.05, 3.63) is 46.9 Å². The molecular formula is C16H18ClN3. The van der Waals surface area contributed by atoms with Crippen molar-refractivity contribution < 1.29 is 0 Å². The third-order valence-electron chi connectivity index (χ3n) is 3.48. The highest BCUT2D eigenvalue weighted by Gasteiger charge is 2.27. The van der Waals surface area contributed by atoms with Crippen LogP contribution in [0.2, 0.25) is 5.15 Å². The zero-order valence-electron chi connectivity index (χ0n) is 11.7. The fourth-order valence-electron chi connectivity index (χ4n) is 2.15. The van der Waals surface area contributed by atoms with Gasteiger partial charge < -0.3 is 5.32 Å². The molecule has 1 aliphatic rings. The quantitative estimate of drug-likeness (QED) is 0.815. The Hall–Kier alpha value is -1.61. The van der Waals surface area contributed by atoms with Gasteiger partial charge in [-0.25, -0.2) is 9.97 Å². The van der Waals surface area contributed by atoms with Gasteiger partial charge in [-0.3, -0.25) is 0 Å². The second-order valence-corrected chi connectivity index (χ2v) is 6.00. The highest BCUT2D eigenvalue weighted by molar-refractivity contribution is 6.29. The summed E-state index contributed by atoms with van der Waals surface area (Å²) in [4.78, 5) is 8.86. The van der Waals surface area contributed by atoms with Crippen LogP contribution in [-0.4, -0.2) is 9.97 Å². The third kappa shape index (κ3) is 3.10. The molecule has 2 aromatic rings. The van der Waals surface area contributed by atoms with Gasteiger partial charge in [0.2, 0.25) is 0 Å². The molecule has 0 unspecified atom stereocenters. The van der Waals surface area contributed by atoms with E-state index < -0.39 is 0 Å². The van der Waals surface area contributed by atoms with Gasteiger partial charge in [0, 0.05) is 17.7 Å². The lowest BCUT2D eigenvalue weighted by atomic mass is 10.0. The summed E-state index contributed by atoms with van der Waals surface area (Å²) in [6.45, 7) is 4.37. The second-order valence-electron chi connectivity index (χ2n) is 5.61. The molecule has 20 heavy (non-hydrogen) atoms. The zero-order chi connectivity index (χ0) is 14.1. The fraction of sp³-hybridized carbons (Fsp3) is 0.375. The monoisotopic (exact) mass is 287 g/mol. The predicted octanol–water partition coefficient (Wildman–Crippen LogP) is 4.87. The summed E-state index contributed by atoms with van der Waals surface area (Å²) >= 11 is 6.08. The summed E-state index contributed by atoms with van der Waals surface area (Å²) in [5, 5.41) is 3.83. The highest BCUT2D eigenvalue weighted by atomic mass is 35.5. The molecule has 1 fully saturated rings. The normalized spacial score (nSPS) is 14.6. The van der Waals surface area contributed by atoms with Crippen molar-refractivity contribution in [3.8, 4) is 0 Å². The summed E-state index contributed by atoms with van der Waals surface area (Å²) < 4.78 is 0. The molecular weight excluding hydrogens is 270 g/mol. The van der Waals surface area contributed by atoms with E-state index in [1.165, 1.54) is 18.4 Å². The van der Waals surface area contributed by atoms with E-state index in [0.29, 0.717) is 17.0 Å². The van der Waals surface area contributed by atoms with Gasteiger partial charge in [-0.15, -0.1) is 0 Å². The maximum Gasteiger partial charge on any atom is 0.135 e. The number of rotatable bonds is 4. The van der Waals surface area contributed by atoms with E-state index in [1.54, 1.807) is 6.07 Å². The molecule has 0 radical (unpaired) electrons. The average molecular weight is 288 g/mol. The van der Waals surface area contributed by atoms with E-state index in [9.17, 15) is 0 Å². The van der Waals surface area contributed by atoms with Crippen LogP contribution in [0.15, 0.2) is 30.3 Å². The van der Waals surface area contributed by atoms with Crippen molar-refractivity contribution in [2.75, 3.05) is 5.32 Å². The van der Waals surface area contributed by atoms with Crippen molar-refractivity contribution >= 4 is 23.1 Å². The fourth-order valence-corrected chi connectivity index (χ4v) is 2.34. The van der Waals surface area contributed by atoms with E-state index in [1.807, 2.05) is 6.07 Å². The van der Waals surface area contributed by atoms with Gasteiger partial charge in [0.1, 0.15) is 16.8 Å². The lowest BCUT2D eigenvalue weighted by Crippen LogP contribution is -2.00. The van der Waals surface area contributed by atoms with Gasteiger partial charge in [0.25, 0.3) is 0 Å². The van der Waals surface area contributed by atoms with Crippen LogP contribution in [0.3, 0.4) is 0 Å². The van der Waals surface area contributed by atoms with E-state index in [4.69, 9.17) is 11.6 Å². The van der Waals surface area contributed by atoms with Crippen LogP contribution in [0.1, 0.15) is 49.9 Å². The smallest absolute Gasteiger partial charge is 0.135 e. The minimum absolute atomic E-state index is 0.497. The molecule has 3 nitrogen and oxygen atoms in total. The van der Waals surface area contributed by atoms with Crippen LogP contribution >= 0.6 is 11.6 Å². The van der Waals surface area contributed by atoms with Gasteiger partial charge in [-0.1, -0.05) is 37.6 Å². The molecule has 1 aromatic carbocycles. The first-order valence-electron chi connectivity index (χ1n) is 7.03. The molecule has 0 spiro atoms. The first-order chi connectivity index (χ1) is 9.61. The van der Waals surface area contributed by atoms with Crippen LogP contribution in [0, 0.1) is 0 Å². The minimum Gasteiger partial charge on any atom is -0.340 e. The highest BCUT2D eigenvalue weighted by Crippen LogP contribution is 2.39. The molecule has 1 N–H and O–H groups in total. The van der Waals surface area contributed by atoms with Gasteiger partial charge in [0.15, 0.2) is 0 Å². The minimum atomic E-state index is 0.497. The predicted molar refractivity (Wildman–Crippen MR) is 82.8 cm³/mol. The summed E-state index contributed by atoms with van der Waals surface area (Å²) in [5.74, 6) is 2.64. The number of halogens is 1. The van der Waals surface area contributed by atoms with Crippen LogP contribution in [0.5, 0.6) is 0 Å². The summed E-state index contributed by atoms with van der Waals surface area (Å²) in [6.07, 6.45) is 2.34. The number of hydrogen-bond acceptors (Lipinski definition) is 3. The summed E-state index contributed by atoms with van der Waals surface area (Å²) in [6, 6.07) is 10.2. The Morgan fingerprint density at radius 3 is 2.70 bits per heavy atom. The molecule has 3 rings (SSSR count). The maximum atomic E-state index is 6.08. The lowest BCUT2D eigenvalue weighted by Gasteiger charge is -2.11. The molecule has 1 heterocycles. The summed E-state index contributed by atoms with van der Waals surface area (Å²) in [5.41, 5.74) is 2.34. The van der Waals surface area contributed by atoms with Crippen molar-refractivity contribution in [2.45, 2.75) is 38.5 Å². The van der Waals surface area contributed by atoms with Gasteiger partial charge in [-0.05, 0) is 36.5 Å². The number of benzene rings is 1. The molecule has 1 saturated carbocycles. The molecule has 1 aromatic heterocycles. The van der Waals surface area contributed by atoms with Crippen molar-refractivity contribution in [1.29, 1.82) is 0 Å². The number of nitrogens with one attached hydrogen (secondary N) is 1. The Morgan fingerprint density at radius 2 is 2.00 bits per heavy atom. The van der Waals surface area contributed by atoms with Crippen LogP contribution in [0.25, 0.3) is 0 Å². The van der Waals surface area contributed by atoms with Gasteiger partial charge in [-0.2, -0.15) is 0 Å². The molecule has 0 bridgehead atoms. The molecule has 0 aliphatic heterocycles. The number of anilines is 2. The average Bonchev–Trinajstić information content (AvgIpc) is 3.22. The van der Waals surface area contributed by atoms with E-state index >= 15 is 0 Å². The summed E-state index contributed by atoms with van der Waals surface area (Å²) in [7, 11) is 0. The van der Waals surface area contributed by atoms with E-state index in [0.717, 1.165) is 17.3 Å². The van der Waals surface area contributed by atoms with Crippen LogP contribution in [-0.2, 0) is 0 Å². The number of aromatic nitrogens is 2. The molecule has 4 heteroatoms. The SMILES string of the molecule is CC(C)c1cccc(Nc2cc(Cl)nc(C3CC3)n2)c1. The molecule has 0 amide bonds. The Bertz CT molecular complexity index is 621. The van der Waals surface area contributed by atoms with E-state index in [-0.39, 0.29) is 0 Å². The maximum absolute atomic E-state index is 6.08. The van der Waals surface area contributed by atoms with Gasteiger partial charge >= 0.3 is 0 Å². The lowest BCUT2D eigenvalue weighted by molar-refractivity contribution is 0.867. The van der Waals surface area contributed by atoms with Crippen molar-refractivity contribution in [1.82, 2.24) is 9.97 Å². The molecule has 0 atom stereocenters. The number of nitrogens with zero attached hydrogens (tertiary/aromatic N) is 2. The first-order valence-corrected chi connectivity index (χ1v) is 7.41. The van der Waals surface area contributed by atoms with Crippen molar-refractivity contribution in [2.24, 2.45) is 0 Å². The molecule has 0 saturated heterocycles. The Kier molecular flexibility index (Phi) is 3.62. The topological polar surface area (TPSA) is 37.8 Å². The molecule has 1 aliphatic carbocycles. The Balaban J connectivity index is 1.85. The first kappa shape index (κ1) is 13.4. The third-order valence-corrected chi connectivity index (χ3v) is 3.67. The second kappa shape index (κ2) is 5.41. The largest absolute Gasteiger partial charge is 0.340 e.